The SMILES string of the molecule is [Na+].[O-]C(c1ccccc1)(C(F)(F)F)C(F)(F)F. The van der Waals surface area contributed by atoms with E-state index in [2.05, 4.69) is 0 Å². The van der Waals surface area contributed by atoms with Crippen LogP contribution in [-0.4, -0.2) is 12.4 Å². The van der Waals surface area contributed by atoms with E-state index in [0.29, 0.717) is 12.1 Å². The van der Waals surface area contributed by atoms with Crippen molar-refractivity contribution in [3.8, 4) is 0 Å². The van der Waals surface area contributed by atoms with Crippen molar-refractivity contribution in [2.45, 2.75) is 18.0 Å². The summed E-state index contributed by atoms with van der Waals surface area (Å²) in [6.07, 6.45) is -11.9. The van der Waals surface area contributed by atoms with Crippen LogP contribution in [0.4, 0.5) is 26.3 Å². The summed E-state index contributed by atoms with van der Waals surface area (Å²) in [6.45, 7) is 0. The van der Waals surface area contributed by atoms with E-state index in [-0.39, 0.29) is 29.6 Å². The Morgan fingerprint density at radius 3 is 1.41 bits per heavy atom. The van der Waals surface area contributed by atoms with Gasteiger partial charge in [0, 0.05) is 0 Å². The first-order valence-electron chi connectivity index (χ1n) is 4.00. The Kier molecular flexibility index (Phi) is 5.10. The van der Waals surface area contributed by atoms with E-state index in [9.17, 15) is 31.4 Å². The molecule has 0 radical (unpaired) electrons. The molecule has 0 atom stereocenters. The van der Waals surface area contributed by atoms with Gasteiger partial charge in [-0.2, -0.15) is 26.3 Å². The van der Waals surface area contributed by atoms with Gasteiger partial charge in [0.1, 0.15) is 5.60 Å². The average Bonchev–Trinajstić information content (AvgIpc) is 2.14. The third-order valence-electron chi connectivity index (χ3n) is 1.98. The van der Waals surface area contributed by atoms with Crippen LogP contribution in [0.15, 0.2) is 30.3 Å². The zero-order valence-corrected chi connectivity index (χ0v) is 10.6. The molecule has 0 heterocycles. The Balaban J connectivity index is 0.00000256. The van der Waals surface area contributed by atoms with E-state index >= 15 is 0 Å². The summed E-state index contributed by atoms with van der Waals surface area (Å²) in [5, 5.41) is 11.1. The number of rotatable bonds is 1. The van der Waals surface area contributed by atoms with Crippen molar-refractivity contribution in [3.63, 3.8) is 0 Å². The van der Waals surface area contributed by atoms with Gasteiger partial charge < -0.3 is 5.11 Å². The molecule has 0 amide bonds. The van der Waals surface area contributed by atoms with E-state index in [4.69, 9.17) is 0 Å². The molecule has 1 nitrogen and oxygen atoms in total. The first-order chi connectivity index (χ1) is 7.11. The number of halogens is 6. The zero-order valence-electron chi connectivity index (χ0n) is 8.56. The second-order valence-electron chi connectivity index (χ2n) is 3.04. The smallest absolute Gasteiger partial charge is 0.833 e. The van der Waals surface area contributed by atoms with Crippen LogP contribution in [0.3, 0.4) is 0 Å². The van der Waals surface area contributed by atoms with E-state index < -0.39 is 23.5 Å². The minimum absolute atomic E-state index is 0. The summed E-state index contributed by atoms with van der Waals surface area (Å²) >= 11 is 0. The van der Waals surface area contributed by atoms with E-state index in [1.165, 1.54) is 6.07 Å². The minimum Gasteiger partial charge on any atom is -0.833 e. The van der Waals surface area contributed by atoms with Crippen LogP contribution < -0.4 is 34.7 Å². The maximum absolute atomic E-state index is 12.3. The molecule has 1 aromatic rings. The number of alkyl halides is 6. The summed E-state index contributed by atoms with van der Waals surface area (Å²) in [7, 11) is 0. The van der Waals surface area contributed by atoms with Crippen LogP contribution in [0.5, 0.6) is 0 Å². The summed E-state index contributed by atoms with van der Waals surface area (Å²) in [5.74, 6) is 0. The van der Waals surface area contributed by atoms with Crippen molar-refractivity contribution in [2.75, 3.05) is 0 Å². The van der Waals surface area contributed by atoms with E-state index in [1.54, 1.807) is 0 Å². The third kappa shape index (κ3) is 2.96. The predicted molar refractivity (Wildman–Crippen MR) is 40.2 cm³/mol. The van der Waals surface area contributed by atoms with Crippen molar-refractivity contribution >= 4 is 0 Å². The van der Waals surface area contributed by atoms with Gasteiger partial charge in [0.05, 0.1) is 0 Å². The Labute approximate surface area is 115 Å². The maximum atomic E-state index is 12.3. The molecule has 0 saturated carbocycles. The van der Waals surface area contributed by atoms with Crippen LogP contribution in [0, 0.1) is 0 Å². The Morgan fingerprint density at radius 1 is 0.765 bits per heavy atom. The fourth-order valence-electron chi connectivity index (χ4n) is 1.16. The molecule has 0 aliphatic heterocycles. The Hall–Kier alpha value is -0.240. The molecule has 0 aliphatic carbocycles. The van der Waals surface area contributed by atoms with Crippen LogP contribution in [0.1, 0.15) is 5.56 Å². The maximum Gasteiger partial charge on any atom is 1.00 e. The first-order valence-corrected chi connectivity index (χ1v) is 4.00. The standard InChI is InChI=1S/C9H5F6O.Na/c10-8(11,12)7(16,9(13,14)15)6-4-2-1-3-5-6;/h1-5H;/q-1;+1. The normalized spacial score (nSPS) is 13.1. The van der Waals surface area contributed by atoms with E-state index in [1.807, 2.05) is 0 Å². The Morgan fingerprint density at radius 2 is 1.12 bits per heavy atom. The minimum atomic E-state index is -5.94. The molecular weight excluding hydrogens is 261 g/mol. The summed E-state index contributed by atoms with van der Waals surface area (Å²) in [5.41, 5.74) is -6.45. The quantitative estimate of drug-likeness (QED) is 0.490. The molecule has 17 heavy (non-hydrogen) atoms. The monoisotopic (exact) mass is 266 g/mol. The van der Waals surface area contributed by atoms with Crippen LogP contribution in [0.2, 0.25) is 0 Å². The second-order valence-corrected chi connectivity index (χ2v) is 3.04. The van der Waals surface area contributed by atoms with Crippen molar-refractivity contribution in [2.24, 2.45) is 0 Å². The van der Waals surface area contributed by atoms with E-state index in [0.717, 1.165) is 12.1 Å². The third-order valence-corrected chi connectivity index (χ3v) is 1.98. The van der Waals surface area contributed by atoms with Gasteiger partial charge in [-0.25, -0.2) is 0 Å². The largest absolute Gasteiger partial charge is 1.00 e. The molecule has 0 fully saturated rings. The van der Waals surface area contributed by atoms with Gasteiger partial charge in [-0.3, -0.25) is 0 Å². The molecule has 0 unspecified atom stereocenters. The molecule has 1 rings (SSSR count). The van der Waals surface area contributed by atoms with Crippen LogP contribution >= 0.6 is 0 Å². The van der Waals surface area contributed by atoms with Crippen LogP contribution in [-0.2, 0) is 5.60 Å². The fraction of sp³-hybridized carbons (Fsp3) is 0.333. The molecule has 1 aromatic carbocycles. The number of hydrogen-bond acceptors (Lipinski definition) is 1. The van der Waals surface area contributed by atoms with Crippen molar-refractivity contribution in [1.29, 1.82) is 0 Å². The van der Waals surface area contributed by atoms with Gasteiger partial charge in [0.15, 0.2) is 0 Å². The van der Waals surface area contributed by atoms with Gasteiger partial charge in [0.25, 0.3) is 0 Å². The van der Waals surface area contributed by atoms with Crippen molar-refractivity contribution < 1.29 is 61.0 Å². The molecule has 8 heteroatoms. The topological polar surface area (TPSA) is 23.1 Å². The van der Waals surface area contributed by atoms with Gasteiger partial charge in [0.2, 0.25) is 0 Å². The number of benzene rings is 1. The average molecular weight is 266 g/mol. The van der Waals surface area contributed by atoms with Crippen LogP contribution in [0.25, 0.3) is 0 Å². The summed E-state index contributed by atoms with van der Waals surface area (Å²) in [4.78, 5) is 0. The van der Waals surface area contributed by atoms with Gasteiger partial charge in [-0.05, 0) is 5.56 Å². The molecule has 0 aromatic heterocycles. The molecule has 0 bridgehead atoms. The summed E-state index contributed by atoms with van der Waals surface area (Å²) in [6, 6.07) is 4.12. The van der Waals surface area contributed by atoms with Gasteiger partial charge in [-0.15, -0.1) is 0 Å². The molecule has 90 valence electrons. The van der Waals surface area contributed by atoms with Gasteiger partial charge >= 0.3 is 41.9 Å². The zero-order chi connectivity index (χ0) is 12.6. The van der Waals surface area contributed by atoms with Crippen molar-refractivity contribution in [1.82, 2.24) is 0 Å². The van der Waals surface area contributed by atoms with Gasteiger partial charge in [-0.1, -0.05) is 30.3 Å². The van der Waals surface area contributed by atoms with Crippen molar-refractivity contribution in [3.05, 3.63) is 35.9 Å². The molecule has 0 saturated heterocycles. The second kappa shape index (κ2) is 5.17. The molecule has 0 spiro atoms. The fourth-order valence-corrected chi connectivity index (χ4v) is 1.16. The Bertz CT molecular complexity index is 344. The molecule has 0 aliphatic rings. The molecular formula is C9H5F6NaO. The number of hydrogen-bond donors (Lipinski definition) is 0. The predicted octanol–water partition coefficient (Wildman–Crippen LogP) is -0.629. The summed E-state index contributed by atoms with van der Waals surface area (Å²) < 4.78 is 73.5. The molecule has 0 N–H and O–H groups in total. The first kappa shape index (κ1) is 16.8.